The van der Waals surface area contributed by atoms with Crippen molar-refractivity contribution in [2.45, 2.75) is 43.4 Å². The van der Waals surface area contributed by atoms with Gasteiger partial charge in [-0.2, -0.15) is 4.31 Å². The SMILES string of the molecule is O=C(C1CCN(S(=O)(=O)c2cccnc2)CC1)N1CCCCCC1. The number of nitrogens with zero attached hydrogens (tertiary/aromatic N) is 3. The van der Waals surface area contributed by atoms with Gasteiger partial charge in [0.25, 0.3) is 0 Å². The van der Waals surface area contributed by atoms with E-state index in [0.717, 1.165) is 25.9 Å². The van der Waals surface area contributed by atoms with E-state index in [1.807, 2.05) is 4.90 Å². The molecule has 2 saturated heterocycles. The van der Waals surface area contributed by atoms with Crippen LogP contribution >= 0.6 is 0 Å². The number of amides is 1. The van der Waals surface area contributed by atoms with Gasteiger partial charge in [0.05, 0.1) is 0 Å². The topological polar surface area (TPSA) is 70.6 Å². The maximum atomic E-state index is 12.7. The first-order chi connectivity index (χ1) is 11.6. The van der Waals surface area contributed by atoms with Gasteiger partial charge in [0.2, 0.25) is 15.9 Å². The zero-order valence-corrected chi connectivity index (χ0v) is 14.7. The minimum absolute atomic E-state index is 0.0385. The second-order valence-electron chi connectivity index (χ2n) is 6.61. The van der Waals surface area contributed by atoms with Crippen molar-refractivity contribution >= 4 is 15.9 Å². The first kappa shape index (κ1) is 17.4. The third kappa shape index (κ3) is 3.78. The van der Waals surface area contributed by atoms with Crippen molar-refractivity contribution in [3.8, 4) is 0 Å². The predicted octanol–water partition coefficient (Wildman–Crippen LogP) is 1.88. The Balaban J connectivity index is 1.60. The Morgan fingerprint density at radius 1 is 1.04 bits per heavy atom. The lowest BCUT2D eigenvalue weighted by atomic mass is 9.96. The van der Waals surface area contributed by atoms with Crippen molar-refractivity contribution in [2.75, 3.05) is 26.2 Å². The quantitative estimate of drug-likeness (QED) is 0.834. The maximum absolute atomic E-state index is 12.7. The molecule has 0 aliphatic carbocycles. The first-order valence-corrected chi connectivity index (χ1v) is 10.2. The Bertz CT molecular complexity index is 647. The molecule has 0 aromatic carbocycles. The number of piperidine rings is 1. The third-order valence-electron chi connectivity index (χ3n) is 4.99. The highest BCUT2D eigenvalue weighted by molar-refractivity contribution is 7.89. The molecule has 0 radical (unpaired) electrons. The van der Waals surface area contributed by atoms with Crippen molar-refractivity contribution in [2.24, 2.45) is 5.92 Å². The van der Waals surface area contributed by atoms with Crippen LogP contribution in [0.25, 0.3) is 0 Å². The number of likely N-dealkylation sites (tertiary alicyclic amines) is 1. The number of carbonyl (C=O) groups is 1. The van der Waals surface area contributed by atoms with Gasteiger partial charge in [-0.3, -0.25) is 9.78 Å². The smallest absolute Gasteiger partial charge is 0.244 e. The summed E-state index contributed by atoms with van der Waals surface area (Å²) >= 11 is 0. The van der Waals surface area contributed by atoms with Gasteiger partial charge in [-0.15, -0.1) is 0 Å². The number of hydrogen-bond donors (Lipinski definition) is 0. The molecule has 3 rings (SSSR count). The van der Waals surface area contributed by atoms with Gasteiger partial charge in [0.1, 0.15) is 4.90 Å². The molecule has 2 aliphatic heterocycles. The van der Waals surface area contributed by atoms with Crippen molar-refractivity contribution in [3.63, 3.8) is 0 Å². The summed E-state index contributed by atoms with van der Waals surface area (Å²) in [4.78, 5) is 18.8. The third-order valence-corrected chi connectivity index (χ3v) is 6.88. The fourth-order valence-corrected chi connectivity index (χ4v) is 4.98. The van der Waals surface area contributed by atoms with Gasteiger partial charge in [0, 0.05) is 44.5 Å². The van der Waals surface area contributed by atoms with Crippen molar-refractivity contribution in [3.05, 3.63) is 24.5 Å². The van der Waals surface area contributed by atoms with Gasteiger partial charge in [-0.25, -0.2) is 8.42 Å². The maximum Gasteiger partial charge on any atom is 0.244 e. The zero-order chi connectivity index (χ0) is 17.0. The van der Waals surface area contributed by atoms with Crippen molar-refractivity contribution < 1.29 is 13.2 Å². The van der Waals surface area contributed by atoms with Gasteiger partial charge in [-0.1, -0.05) is 12.8 Å². The Morgan fingerprint density at radius 2 is 1.71 bits per heavy atom. The summed E-state index contributed by atoms with van der Waals surface area (Å²) in [6, 6.07) is 3.19. The summed E-state index contributed by atoms with van der Waals surface area (Å²) in [5, 5.41) is 0. The van der Waals surface area contributed by atoms with Gasteiger partial charge in [0.15, 0.2) is 0 Å². The second kappa shape index (κ2) is 7.61. The molecular weight excluding hydrogens is 326 g/mol. The van der Waals surface area contributed by atoms with E-state index in [9.17, 15) is 13.2 Å². The highest BCUT2D eigenvalue weighted by Crippen LogP contribution is 2.25. The lowest BCUT2D eigenvalue weighted by Crippen LogP contribution is -2.44. The number of aromatic nitrogens is 1. The highest BCUT2D eigenvalue weighted by Gasteiger charge is 2.33. The van der Waals surface area contributed by atoms with Crippen LogP contribution in [0.3, 0.4) is 0 Å². The second-order valence-corrected chi connectivity index (χ2v) is 8.54. The highest BCUT2D eigenvalue weighted by atomic mass is 32.2. The van der Waals surface area contributed by atoms with E-state index >= 15 is 0 Å². The first-order valence-electron chi connectivity index (χ1n) is 8.78. The van der Waals surface area contributed by atoms with Crippen LogP contribution in [0.15, 0.2) is 29.4 Å². The van der Waals surface area contributed by atoms with Gasteiger partial charge < -0.3 is 4.90 Å². The summed E-state index contributed by atoms with van der Waals surface area (Å²) in [6.45, 7) is 2.52. The molecule has 1 aromatic heterocycles. The Kier molecular flexibility index (Phi) is 5.50. The molecule has 132 valence electrons. The van der Waals surface area contributed by atoms with Crippen LogP contribution < -0.4 is 0 Å². The zero-order valence-electron chi connectivity index (χ0n) is 13.9. The van der Waals surface area contributed by atoms with E-state index in [0.29, 0.717) is 25.9 Å². The molecule has 0 bridgehead atoms. The molecule has 0 spiro atoms. The van der Waals surface area contributed by atoms with Gasteiger partial charge in [-0.05, 0) is 37.8 Å². The molecule has 0 atom stereocenters. The molecule has 2 aliphatic rings. The van der Waals surface area contributed by atoms with Crippen LogP contribution in [-0.4, -0.2) is 54.7 Å². The van der Waals surface area contributed by atoms with Crippen LogP contribution in [0.4, 0.5) is 0 Å². The minimum Gasteiger partial charge on any atom is -0.342 e. The predicted molar refractivity (Wildman–Crippen MR) is 90.8 cm³/mol. The number of rotatable bonds is 3. The van der Waals surface area contributed by atoms with Gasteiger partial charge >= 0.3 is 0 Å². The average Bonchev–Trinajstić information content (AvgIpc) is 2.91. The van der Waals surface area contributed by atoms with E-state index in [2.05, 4.69) is 4.98 Å². The Labute approximate surface area is 143 Å². The molecule has 6 nitrogen and oxygen atoms in total. The molecule has 7 heteroatoms. The van der Waals surface area contributed by atoms with E-state index in [4.69, 9.17) is 0 Å². The summed E-state index contributed by atoms with van der Waals surface area (Å²) in [7, 11) is -3.50. The standard InChI is InChI=1S/C17H25N3O3S/c21-17(19-10-3-1-2-4-11-19)15-7-12-20(13-8-15)24(22,23)16-6-5-9-18-14-16/h5-6,9,14-15H,1-4,7-8,10-13H2. The van der Waals surface area contributed by atoms with Crippen LogP contribution in [-0.2, 0) is 14.8 Å². The van der Waals surface area contributed by atoms with Crippen LogP contribution in [0.1, 0.15) is 38.5 Å². The molecule has 3 heterocycles. The number of sulfonamides is 1. The summed E-state index contributed by atoms with van der Waals surface area (Å²) < 4.78 is 26.7. The number of hydrogen-bond acceptors (Lipinski definition) is 4. The van der Waals surface area contributed by atoms with E-state index in [-0.39, 0.29) is 16.7 Å². The lowest BCUT2D eigenvalue weighted by molar-refractivity contribution is -0.136. The normalized spacial score (nSPS) is 21.4. The van der Waals surface area contributed by atoms with Crippen molar-refractivity contribution in [1.82, 2.24) is 14.2 Å². The molecule has 0 N–H and O–H groups in total. The Morgan fingerprint density at radius 3 is 2.29 bits per heavy atom. The summed E-state index contributed by atoms with van der Waals surface area (Å²) in [6.07, 6.45) is 8.72. The summed E-state index contributed by atoms with van der Waals surface area (Å²) in [5.74, 6) is 0.179. The van der Waals surface area contributed by atoms with E-state index < -0.39 is 10.0 Å². The lowest BCUT2D eigenvalue weighted by Gasteiger charge is -2.33. The van der Waals surface area contributed by atoms with Crippen molar-refractivity contribution in [1.29, 1.82) is 0 Å². The fourth-order valence-electron chi connectivity index (χ4n) is 3.54. The molecule has 0 unspecified atom stereocenters. The van der Waals surface area contributed by atoms with Crippen LogP contribution in [0, 0.1) is 5.92 Å². The van der Waals surface area contributed by atoms with Crippen LogP contribution in [0.2, 0.25) is 0 Å². The van der Waals surface area contributed by atoms with E-state index in [1.165, 1.54) is 23.3 Å². The molecule has 1 amide bonds. The van der Waals surface area contributed by atoms with E-state index in [1.54, 1.807) is 18.3 Å². The number of pyridine rings is 1. The summed E-state index contributed by atoms with van der Waals surface area (Å²) in [5.41, 5.74) is 0. The molecular formula is C17H25N3O3S. The molecule has 0 saturated carbocycles. The molecule has 1 aromatic rings. The Hall–Kier alpha value is -1.47. The molecule has 24 heavy (non-hydrogen) atoms. The fraction of sp³-hybridized carbons (Fsp3) is 0.647. The molecule has 2 fully saturated rings. The largest absolute Gasteiger partial charge is 0.342 e. The number of carbonyl (C=O) groups excluding carboxylic acids is 1. The average molecular weight is 351 g/mol. The monoisotopic (exact) mass is 351 g/mol. The minimum atomic E-state index is -3.50. The van der Waals surface area contributed by atoms with Crippen LogP contribution in [0.5, 0.6) is 0 Å².